The van der Waals surface area contributed by atoms with Gasteiger partial charge in [0.05, 0.1) is 23.3 Å². The van der Waals surface area contributed by atoms with Crippen molar-refractivity contribution in [2.24, 2.45) is 5.92 Å². The first kappa shape index (κ1) is 19.5. The molecule has 0 aliphatic heterocycles. The second-order valence-electron chi connectivity index (χ2n) is 6.98. The standard InChI is InChI=1S/C22H23N3O3/c1-15(2)12-19(16-8-4-3-5-9-16)25-21(26)14-28-22(27)20-13-23-17-10-6-7-11-18(17)24-20/h3-11,13,15,19H,12,14H2,1-2H3,(H,25,26). The quantitative estimate of drug-likeness (QED) is 0.635. The number of amides is 1. The van der Waals surface area contributed by atoms with Crippen LogP contribution in [0.15, 0.2) is 60.8 Å². The van der Waals surface area contributed by atoms with E-state index >= 15 is 0 Å². The number of esters is 1. The molecule has 0 saturated carbocycles. The van der Waals surface area contributed by atoms with Gasteiger partial charge in [0.25, 0.3) is 5.91 Å². The van der Waals surface area contributed by atoms with E-state index in [4.69, 9.17) is 4.74 Å². The van der Waals surface area contributed by atoms with Crippen molar-refractivity contribution in [1.82, 2.24) is 15.3 Å². The van der Waals surface area contributed by atoms with Crippen LogP contribution in [0.25, 0.3) is 11.0 Å². The van der Waals surface area contributed by atoms with Gasteiger partial charge in [0, 0.05) is 0 Å². The maximum absolute atomic E-state index is 12.3. The van der Waals surface area contributed by atoms with Gasteiger partial charge in [-0.25, -0.2) is 9.78 Å². The zero-order valence-electron chi connectivity index (χ0n) is 16.0. The number of nitrogens with one attached hydrogen (secondary N) is 1. The Morgan fingerprint density at radius 2 is 1.68 bits per heavy atom. The summed E-state index contributed by atoms with van der Waals surface area (Å²) in [7, 11) is 0. The van der Waals surface area contributed by atoms with Gasteiger partial charge in [-0.15, -0.1) is 0 Å². The number of carbonyl (C=O) groups is 2. The van der Waals surface area contributed by atoms with Crippen molar-refractivity contribution >= 4 is 22.9 Å². The first-order valence-corrected chi connectivity index (χ1v) is 9.26. The van der Waals surface area contributed by atoms with Crippen LogP contribution in [-0.4, -0.2) is 28.5 Å². The minimum absolute atomic E-state index is 0.0771. The molecule has 1 aromatic heterocycles. The fraction of sp³-hybridized carbons (Fsp3) is 0.273. The minimum atomic E-state index is -0.673. The van der Waals surface area contributed by atoms with Crippen molar-refractivity contribution < 1.29 is 14.3 Å². The number of benzene rings is 2. The van der Waals surface area contributed by atoms with Gasteiger partial charge >= 0.3 is 5.97 Å². The maximum atomic E-state index is 12.3. The Bertz CT molecular complexity index is 957. The lowest BCUT2D eigenvalue weighted by Gasteiger charge is -2.21. The van der Waals surface area contributed by atoms with E-state index < -0.39 is 5.97 Å². The van der Waals surface area contributed by atoms with Crippen LogP contribution in [0, 0.1) is 5.92 Å². The first-order chi connectivity index (χ1) is 13.5. The van der Waals surface area contributed by atoms with Gasteiger partial charge in [-0.05, 0) is 30.0 Å². The van der Waals surface area contributed by atoms with Crippen molar-refractivity contribution in [3.05, 3.63) is 72.1 Å². The lowest BCUT2D eigenvalue weighted by atomic mass is 9.97. The molecule has 1 atom stereocenters. The third-order valence-electron chi connectivity index (χ3n) is 4.24. The minimum Gasteiger partial charge on any atom is -0.451 e. The topological polar surface area (TPSA) is 81.2 Å². The molecular weight excluding hydrogens is 354 g/mol. The summed E-state index contributed by atoms with van der Waals surface area (Å²) < 4.78 is 5.13. The molecule has 1 N–H and O–H groups in total. The Morgan fingerprint density at radius 3 is 2.39 bits per heavy atom. The van der Waals surface area contributed by atoms with Crippen molar-refractivity contribution in [2.45, 2.75) is 26.3 Å². The number of aromatic nitrogens is 2. The van der Waals surface area contributed by atoms with Gasteiger partial charge < -0.3 is 10.1 Å². The first-order valence-electron chi connectivity index (χ1n) is 9.26. The highest BCUT2D eigenvalue weighted by Crippen LogP contribution is 2.21. The Kier molecular flexibility index (Phi) is 6.32. The number of ether oxygens (including phenoxy) is 1. The highest BCUT2D eigenvalue weighted by atomic mass is 16.5. The molecule has 0 saturated heterocycles. The fourth-order valence-electron chi connectivity index (χ4n) is 2.93. The summed E-state index contributed by atoms with van der Waals surface area (Å²) in [4.78, 5) is 33.0. The summed E-state index contributed by atoms with van der Waals surface area (Å²) in [6.07, 6.45) is 2.15. The third-order valence-corrected chi connectivity index (χ3v) is 4.24. The molecule has 28 heavy (non-hydrogen) atoms. The second kappa shape index (κ2) is 9.08. The largest absolute Gasteiger partial charge is 0.451 e. The number of hydrogen-bond donors (Lipinski definition) is 1. The molecular formula is C22H23N3O3. The lowest BCUT2D eigenvalue weighted by molar-refractivity contribution is -0.125. The number of para-hydroxylation sites is 2. The molecule has 0 aliphatic carbocycles. The Hall–Kier alpha value is -3.28. The Labute approximate surface area is 164 Å². The molecule has 1 heterocycles. The van der Waals surface area contributed by atoms with Gasteiger partial charge in [0.15, 0.2) is 12.3 Å². The van der Waals surface area contributed by atoms with Crippen LogP contribution in [0.4, 0.5) is 0 Å². The molecule has 0 fully saturated rings. The number of fused-ring (bicyclic) bond motifs is 1. The van der Waals surface area contributed by atoms with Crippen LogP contribution in [0.5, 0.6) is 0 Å². The number of nitrogens with zero attached hydrogens (tertiary/aromatic N) is 2. The summed E-state index contributed by atoms with van der Waals surface area (Å²) in [6, 6.07) is 16.9. The van der Waals surface area contributed by atoms with E-state index in [0.717, 1.165) is 12.0 Å². The van der Waals surface area contributed by atoms with E-state index in [-0.39, 0.29) is 24.2 Å². The lowest BCUT2D eigenvalue weighted by Crippen LogP contribution is -2.33. The van der Waals surface area contributed by atoms with E-state index in [1.54, 1.807) is 6.07 Å². The maximum Gasteiger partial charge on any atom is 0.359 e. The van der Waals surface area contributed by atoms with Crippen LogP contribution in [0.2, 0.25) is 0 Å². The molecule has 2 aromatic carbocycles. The van der Waals surface area contributed by atoms with Gasteiger partial charge in [-0.3, -0.25) is 9.78 Å². The molecule has 0 aliphatic rings. The van der Waals surface area contributed by atoms with Gasteiger partial charge in [0.2, 0.25) is 0 Å². The third kappa shape index (κ3) is 5.13. The molecule has 0 spiro atoms. The van der Waals surface area contributed by atoms with Crippen molar-refractivity contribution in [3.8, 4) is 0 Å². The molecule has 0 bridgehead atoms. The monoisotopic (exact) mass is 377 g/mol. The predicted octanol–water partition coefficient (Wildman–Crippen LogP) is 3.69. The van der Waals surface area contributed by atoms with Crippen LogP contribution in [-0.2, 0) is 9.53 Å². The zero-order valence-corrected chi connectivity index (χ0v) is 16.0. The molecule has 144 valence electrons. The summed E-state index contributed by atoms with van der Waals surface area (Å²) >= 11 is 0. The predicted molar refractivity (Wildman–Crippen MR) is 107 cm³/mol. The van der Waals surface area contributed by atoms with Gasteiger partial charge in [-0.1, -0.05) is 56.3 Å². The molecule has 0 radical (unpaired) electrons. The summed E-state index contributed by atoms with van der Waals surface area (Å²) in [5, 5.41) is 2.95. The molecule has 1 unspecified atom stereocenters. The Balaban J connectivity index is 1.60. The van der Waals surface area contributed by atoms with Crippen molar-refractivity contribution in [3.63, 3.8) is 0 Å². The SMILES string of the molecule is CC(C)CC(NC(=O)COC(=O)c1cnc2ccccc2n1)c1ccccc1. The molecule has 3 rings (SSSR count). The van der Waals surface area contributed by atoms with Crippen LogP contribution in [0.3, 0.4) is 0 Å². The van der Waals surface area contributed by atoms with Crippen LogP contribution < -0.4 is 5.32 Å². The second-order valence-corrected chi connectivity index (χ2v) is 6.98. The number of hydrogen-bond acceptors (Lipinski definition) is 5. The molecule has 3 aromatic rings. The average molecular weight is 377 g/mol. The Morgan fingerprint density at radius 1 is 1.00 bits per heavy atom. The van der Waals surface area contributed by atoms with E-state index in [9.17, 15) is 9.59 Å². The van der Waals surface area contributed by atoms with E-state index in [0.29, 0.717) is 17.0 Å². The summed E-state index contributed by atoms with van der Waals surface area (Å²) in [6.45, 7) is 3.83. The average Bonchev–Trinajstić information content (AvgIpc) is 2.71. The molecule has 1 amide bonds. The van der Waals surface area contributed by atoms with Crippen molar-refractivity contribution in [1.29, 1.82) is 0 Å². The van der Waals surface area contributed by atoms with E-state index in [1.807, 2.05) is 48.5 Å². The van der Waals surface area contributed by atoms with E-state index in [2.05, 4.69) is 29.1 Å². The zero-order chi connectivity index (χ0) is 19.9. The van der Waals surface area contributed by atoms with Crippen molar-refractivity contribution in [2.75, 3.05) is 6.61 Å². The van der Waals surface area contributed by atoms with Gasteiger partial charge in [0.1, 0.15) is 0 Å². The highest BCUT2D eigenvalue weighted by molar-refractivity contribution is 5.91. The number of carbonyl (C=O) groups excluding carboxylic acids is 2. The normalized spacial score (nSPS) is 12.0. The summed E-state index contributed by atoms with van der Waals surface area (Å²) in [5.74, 6) is -0.619. The highest BCUT2D eigenvalue weighted by Gasteiger charge is 2.18. The van der Waals surface area contributed by atoms with Crippen LogP contribution >= 0.6 is 0 Å². The molecule has 6 heteroatoms. The van der Waals surface area contributed by atoms with Gasteiger partial charge in [-0.2, -0.15) is 0 Å². The van der Waals surface area contributed by atoms with Crippen LogP contribution in [0.1, 0.15) is 42.4 Å². The van der Waals surface area contributed by atoms with E-state index in [1.165, 1.54) is 6.20 Å². The molecule has 6 nitrogen and oxygen atoms in total. The smallest absolute Gasteiger partial charge is 0.359 e. The number of rotatable bonds is 7. The summed E-state index contributed by atoms with van der Waals surface area (Å²) in [5.41, 5.74) is 2.39. The fourth-order valence-corrected chi connectivity index (χ4v) is 2.93.